The molecule has 0 aliphatic heterocycles. The Balaban J connectivity index is 1.70. The first kappa shape index (κ1) is 23.2. The molecular formula is C24H29N5O3S. The van der Waals surface area contributed by atoms with Crippen molar-refractivity contribution in [3.05, 3.63) is 55.5 Å². The minimum Gasteiger partial charge on any atom is -0.325 e. The predicted molar refractivity (Wildman–Crippen MR) is 131 cm³/mol. The molecule has 2 heterocycles. The maximum Gasteiger partial charge on any atom is 0.332 e. The second kappa shape index (κ2) is 9.13. The number of carbonyl (C=O) groups is 1. The zero-order valence-corrected chi connectivity index (χ0v) is 20.5. The van der Waals surface area contributed by atoms with E-state index in [2.05, 4.69) is 10.3 Å². The van der Waals surface area contributed by atoms with Crippen LogP contribution < -0.4 is 16.6 Å². The zero-order chi connectivity index (χ0) is 23.9. The van der Waals surface area contributed by atoms with Crippen molar-refractivity contribution in [3.8, 4) is 0 Å². The van der Waals surface area contributed by atoms with Crippen LogP contribution in [0.2, 0.25) is 0 Å². The zero-order valence-electron chi connectivity index (χ0n) is 19.7. The number of fused-ring (bicyclic) bond motifs is 1. The highest BCUT2D eigenvalue weighted by Crippen LogP contribution is 2.34. The molecular weight excluding hydrogens is 438 g/mol. The number of amides is 1. The van der Waals surface area contributed by atoms with Crippen LogP contribution in [-0.4, -0.2) is 30.8 Å². The van der Waals surface area contributed by atoms with Gasteiger partial charge >= 0.3 is 5.69 Å². The van der Waals surface area contributed by atoms with Crippen LogP contribution in [0.25, 0.3) is 11.0 Å². The van der Waals surface area contributed by atoms with Crippen molar-refractivity contribution in [2.24, 2.45) is 14.1 Å². The first-order valence-electron chi connectivity index (χ1n) is 11.2. The maximum atomic E-state index is 13.0. The van der Waals surface area contributed by atoms with E-state index >= 15 is 0 Å². The van der Waals surface area contributed by atoms with E-state index < -0.39 is 11.2 Å². The third kappa shape index (κ3) is 4.46. The van der Waals surface area contributed by atoms with Crippen molar-refractivity contribution in [2.75, 3.05) is 11.1 Å². The lowest BCUT2D eigenvalue weighted by atomic mass is 10.1. The summed E-state index contributed by atoms with van der Waals surface area (Å²) in [6.45, 7) is 5.97. The first-order chi connectivity index (χ1) is 15.7. The molecule has 1 N–H and O–H groups in total. The van der Waals surface area contributed by atoms with Crippen LogP contribution in [0.15, 0.2) is 26.7 Å². The van der Waals surface area contributed by atoms with Crippen molar-refractivity contribution in [1.82, 2.24) is 19.1 Å². The topological polar surface area (TPSA) is 98.9 Å². The molecule has 1 aliphatic rings. The van der Waals surface area contributed by atoms with E-state index in [0.717, 1.165) is 52.6 Å². The van der Waals surface area contributed by atoms with Crippen LogP contribution in [0.3, 0.4) is 0 Å². The SMILES string of the molecule is Cc1cc(C)c(NC(=O)CSc2nc(C3CCCC3)nc3c2c(=O)n(C)c(=O)n3C)c(C)c1. The molecule has 33 heavy (non-hydrogen) atoms. The summed E-state index contributed by atoms with van der Waals surface area (Å²) in [6, 6.07) is 4.07. The standard InChI is InChI=1S/C24H29N5O3S/c1-13-10-14(2)19(15(3)11-13)25-17(30)12-33-22-18-21(28(4)24(32)29(5)23(18)31)26-20(27-22)16-8-6-7-9-16/h10-11,16H,6-9,12H2,1-5H3,(H,25,30). The monoisotopic (exact) mass is 467 g/mol. The minimum absolute atomic E-state index is 0.0922. The van der Waals surface area contributed by atoms with E-state index in [-0.39, 0.29) is 23.0 Å². The highest BCUT2D eigenvalue weighted by Gasteiger charge is 2.24. The van der Waals surface area contributed by atoms with Gasteiger partial charge in [-0.2, -0.15) is 0 Å². The van der Waals surface area contributed by atoms with E-state index in [1.807, 2.05) is 32.9 Å². The molecule has 9 heteroatoms. The third-order valence-corrected chi connectivity index (χ3v) is 7.26. The molecule has 4 rings (SSSR count). The molecule has 3 aromatic rings. The number of hydrogen-bond acceptors (Lipinski definition) is 6. The Labute approximate surface area is 196 Å². The molecule has 1 fully saturated rings. The fraction of sp³-hybridized carbons (Fsp3) is 0.458. The number of hydrogen-bond donors (Lipinski definition) is 1. The quantitative estimate of drug-likeness (QED) is 0.456. The Morgan fingerprint density at radius 1 is 1.06 bits per heavy atom. The lowest BCUT2D eigenvalue weighted by Crippen LogP contribution is -2.38. The van der Waals surface area contributed by atoms with E-state index in [9.17, 15) is 14.4 Å². The summed E-state index contributed by atoms with van der Waals surface area (Å²) in [6.07, 6.45) is 4.20. The highest BCUT2D eigenvalue weighted by molar-refractivity contribution is 8.00. The van der Waals surface area contributed by atoms with Crippen molar-refractivity contribution < 1.29 is 4.79 Å². The van der Waals surface area contributed by atoms with Crippen molar-refractivity contribution in [2.45, 2.75) is 57.4 Å². The summed E-state index contributed by atoms with van der Waals surface area (Å²) in [7, 11) is 3.05. The minimum atomic E-state index is -0.445. The molecule has 0 bridgehead atoms. The van der Waals surface area contributed by atoms with E-state index in [0.29, 0.717) is 16.5 Å². The van der Waals surface area contributed by atoms with Gasteiger partial charge in [-0.05, 0) is 44.7 Å². The number of thioether (sulfide) groups is 1. The molecule has 0 saturated heterocycles. The average Bonchev–Trinajstić information content (AvgIpc) is 3.31. The molecule has 174 valence electrons. The fourth-order valence-electron chi connectivity index (χ4n) is 4.60. The fourth-order valence-corrected chi connectivity index (χ4v) is 5.42. The lowest BCUT2D eigenvalue weighted by Gasteiger charge is -2.15. The second-order valence-electron chi connectivity index (χ2n) is 8.88. The number of benzene rings is 1. The number of aromatic nitrogens is 4. The molecule has 0 spiro atoms. The van der Waals surface area contributed by atoms with E-state index in [1.165, 1.54) is 23.4 Å². The number of nitrogens with one attached hydrogen (secondary N) is 1. The number of nitrogens with zero attached hydrogens (tertiary/aromatic N) is 4. The average molecular weight is 468 g/mol. The maximum absolute atomic E-state index is 13.0. The Morgan fingerprint density at radius 3 is 2.33 bits per heavy atom. The summed E-state index contributed by atoms with van der Waals surface area (Å²) in [4.78, 5) is 47.6. The molecule has 0 unspecified atom stereocenters. The van der Waals surface area contributed by atoms with Crippen LogP contribution in [0.4, 0.5) is 5.69 Å². The van der Waals surface area contributed by atoms with Gasteiger partial charge in [0.25, 0.3) is 5.56 Å². The van der Waals surface area contributed by atoms with Gasteiger partial charge in [0.2, 0.25) is 5.91 Å². The van der Waals surface area contributed by atoms with Crippen LogP contribution in [0.5, 0.6) is 0 Å². The van der Waals surface area contributed by atoms with E-state index in [4.69, 9.17) is 4.98 Å². The Bertz CT molecular complexity index is 1350. The summed E-state index contributed by atoms with van der Waals surface area (Å²) in [5.41, 5.74) is 3.42. The van der Waals surface area contributed by atoms with Crippen molar-refractivity contribution in [3.63, 3.8) is 0 Å². The highest BCUT2D eigenvalue weighted by atomic mass is 32.2. The predicted octanol–water partition coefficient (Wildman–Crippen LogP) is 3.34. The summed E-state index contributed by atoms with van der Waals surface area (Å²) < 4.78 is 2.45. The molecule has 0 atom stereocenters. The molecule has 8 nitrogen and oxygen atoms in total. The summed E-state index contributed by atoms with van der Waals surface area (Å²) >= 11 is 1.21. The molecule has 1 aromatic carbocycles. The third-order valence-electron chi connectivity index (χ3n) is 6.29. The van der Waals surface area contributed by atoms with Crippen LogP contribution in [0, 0.1) is 20.8 Å². The lowest BCUT2D eigenvalue weighted by molar-refractivity contribution is -0.113. The number of carbonyl (C=O) groups excluding carboxylic acids is 1. The van der Waals surface area contributed by atoms with Gasteiger partial charge in [-0.25, -0.2) is 14.8 Å². The summed E-state index contributed by atoms with van der Waals surface area (Å²) in [5.74, 6) is 0.775. The van der Waals surface area contributed by atoms with E-state index in [1.54, 1.807) is 7.05 Å². The first-order valence-corrected chi connectivity index (χ1v) is 12.1. The van der Waals surface area contributed by atoms with Gasteiger partial charge in [-0.15, -0.1) is 0 Å². The van der Waals surface area contributed by atoms with Crippen molar-refractivity contribution >= 4 is 34.4 Å². The molecule has 1 aliphatic carbocycles. The Kier molecular flexibility index (Phi) is 6.43. The number of aryl methyl sites for hydroxylation is 4. The van der Waals surface area contributed by atoms with Crippen LogP contribution in [0.1, 0.15) is 54.1 Å². The van der Waals surface area contributed by atoms with Gasteiger partial charge in [-0.3, -0.25) is 18.7 Å². The van der Waals surface area contributed by atoms with Gasteiger partial charge in [0.05, 0.1) is 5.75 Å². The van der Waals surface area contributed by atoms with Gasteiger partial charge in [0, 0.05) is 25.7 Å². The smallest absolute Gasteiger partial charge is 0.325 e. The van der Waals surface area contributed by atoms with Crippen LogP contribution >= 0.6 is 11.8 Å². The normalized spacial score (nSPS) is 14.2. The van der Waals surface area contributed by atoms with Crippen molar-refractivity contribution in [1.29, 1.82) is 0 Å². The largest absolute Gasteiger partial charge is 0.332 e. The number of rotatable bonds is 5. The number of anilines is 1. The van der Waals surface area contributed by atoms with Crippen LogP contribution in [-0.2, 0) is 18.9 Å². The van der Waals surface area contributed by atoms with Gasteiger partial charge < -0.3 is 5.32 Å². The van der Waals surface area contributed by atoms with Gasteiger partial charge in [-0.1, -0.05) is 42.3 Å². The molecule has 1 amide bonds. The van der Waals surface area contributed by atoms with Gasteiger partial charge in [0.15, 0.2) is 5.65 Å². The second-order valence-corrected chi connectivity index (χ2v) is 9.85. The molecule has 1 saturated carbocycles. The molecule has 0 radical (unpaired) electrons. The molecule has 2 aromatic heterocycles. The van der Waals surface area contributed by atoms with Gasteiger partial charge in [0.1, 0.15) is 16.2 Å². The Morgan fingerprint density at radius 2 is 1.70 bits per heavy atom. The summed E-state index contributed by atoms with van der Waals surface area (Å²) in [5, 5.41) is 3.73. The Hall–Kier alpha value is -2.94.